The fourth-order valence-corrected chi connectivity index (χ4v) is 2.68. The molecule has 3 aromatic rings. The van der Waals surface area contributed by atoms with E-state index in [1.807, 2.05) is 0 Å². The van der Waals surface area contributed by atoms with Crippen molar-refractivity contribution in [1.29, 1.82) is 0 Å². The normalized spacial score (nSPS) is 10.6. The van der Waals surface area contributed by atoms with Crippen LogP contribution in [0.4, 0.5) is 5.69 Å². The second kappa shape index (κ2) is 8.20. The maximum absolute atomic E-state index is 12.3. The largest absolute Gasteiger partial charge is 0.454 e. The number of esters is 1. The van der Waals surface area contributed by atoms with Crippen LogP contribution in [0, 0.1) is 0 Å². The number of nitrogens with one attached hydrogen (secondary N) is 1. The van der Waals surface area contributed by atoms with Gasteiger partial charge in [0.05, 0.1) is 33.0 Å². The van der Waals surface area contributed by atoms with Gasteiger partial charge >= 0.3 is 5.97 Å². The first kappa shape index (κ1) is 18.9. The van der Waals surface area contributed by atoms with Crippen LogP contribution in [-0.4, -0.2) is 28.0 Å². The fraction of sp³-hybridized carbons (Fsp3) is 0.111. The molecule has 1 heterocycles. The van der Waals surface area contributed by atoms with Crippen LogP contribution in [-0.2, 0) is 20.9 Å². The minimum absolute atomic E-state index is 0.188. The summed E-state index contributed by atoms with van der Waals surface area (Å²) in [7, 11) is 0. The molecule has 0 aliphatic carbocycles. The minimum atomic E-state index is -0.749. The summed E-state index contributed by atoms with van der Waals surface area (Å²) in [5.74, 6) is -1.34. The zero-order valence-electron chi connectivity index (χ0n) is 13.8. The number of amides is 1. The van der Waals surface area contributed by atoms with Crippen LogP contribution in [0.2, 0.25) is 10.0 Å². The van der Waals surface area contributed by atoms with E-state index in [-0.39, 0.29) is 22.1 Å². The number of carbonyl (C=O) groups excluding carboxylic acids is 2. The van der Waals surface area contributed by atoms with E-state index in [1.54, 1.807) is 42.5 Å². The molecule has 0 aliphatic rings. The van der Waals surface area contributed by atoms with Gasteiger partial charge in [0.15, 0.2) is 6.61 Å². The maximum atomic E-state index is 12.3. The molecule has 2 aromatic carbocycles. The Labute approximate surface area is 163 Å². The third-order valence-electron chi connectivity index (χ3n) is 3.62. The average molecular weight is 406 g/mol. The van der Waals surface area contributed by atoms with Crippen molar-refractivity contribution in [1.82, 2.24) is 9.55 Å². The van der Waals surface area contributed by atoms with Gasteiger partial charge in [-0.25, -0.2) is 4.98 Å². The summed E-state index contributed by atoms with van der Waals surface area (Å²) in [6.45, 7) is -0.890. The number of anilines is 1. The molecule has 0 unspecified atom stereocenters. The predicted octanol–water partition coefficient (Wildman–Crippen LogP) is 2.89. The van der Waals surface area contributed by atoms with Crippen molar-refractivity contribution < 1.29 is 14.3 Å². The molecule has 0 bridgehead atoms. The number of aromatic nitrogens is 2. The standard InChI is InChI=1S/C18H13Cl2N3O4/c19-12-5-3-7-14(17(12)20)22-15(24)9-27-16(25)8-23-10-21-13-6-2-1-4-11(13)18(23)26/h1-7,10H,8-9H2,(H,22,24). The maximum Gasteiger partial charge on any atom is 0.326 e. The number of hydrogen-bond donors (Lipinski definition) is 1. The molecule has 0 fully saturated rings. The van der Waals surface area contributed by atoms with Gasteiger partial charge in [-0.15, -0.1) is 0 Å². The van der Waals surface area contributed by atoms with Gasteiger partial charge < -0.3 is 10.1 Å². The Kier molecular flexibility index (Phi) is 5.73. The second-order valence-electron chi connectivity index (χ2n) is 5.51. The van der Waals surface area contributed by atoms with E-state index in [0.717, 1.165) is 4.57 Å². The summed E-state index contributed by atoms with van der Waals surface area (Å²) in [5, 5.41) is 3.36. The summed E-state index contributed by atoms with van der Waals surface area (Å²) in [6.07, 6.45) is 1.26. The summed E-state index contributed by atoms with van der Waals surface area (Å²) >= 11 is 11.8. The number of halogens is 2. The molecule has 1 aromatic heterocycles. The molecular formula is C18H13Cl2N3O4. The number of hydrogen-bond acceptors (Lipinski definition) is 5. The molecule has 7 nitrogen and oxygen atoms in total. The van der Waals surface area contributed by atoms with Crippen LogP contribution >= 0.6 is 23.2 Å². The molecule has 3 rings (SSSR count). The van der Waals surface area contributed by atoms with E-state index in [9.17, 15) is 14.4 Å². The monoisotopic (exact) mass is 405 g/mol. The molecule has 0 saturated heterocycles. The molecule has 1 amide bonds. The first-order valence-electron chi connectivity index (χ1n) is 7.79. The number of rotatable bonds is 5. The van der Waals surface area contributed by atoms with Crippen LogP contribution in [0.15, 0.2) is 53.6 Å². The van der Waals surface area contributed by atoms with E-state index in [0.29, 0.717) is 16.6 Å². The Bertz CT molecular complexity index is 1080. The van der Waals surface area contributed by atoms with Gasteiger partial charge in [0.2, 0.25) is 0 Å². The molecule has 0 saturated carbocycles. The summed E-state index contributed by atoms with van der Waals surface area (Å²) in [4.78, 5) is 40.3. The molecule has 138 valence electrons. The van der Waals surface area contributed by atoms with Gasteiger partial charge in [-0.1, -0.05) is 41.4 Å². The van der Waals surface area contributed by atoms with E-state index in [4.69, 9.17) is 27.9 Å². The Morgan fingerprint density at radius 3 is 2.70 bits per heavy atom. The lowest BCUT2D eigenvalue weighted by Crippen LogP contribution is -2.28. The van der Waals surface area contributed by atoms with Gasteiger partial charge in [-0.05, 0) is 24.3 Å². The number of ether oxygens (including phenoxy) is 1. The van der Waals surface area contributed by atoms with Crippen molar-refractivity contribution in [2.45, 2.75) is 6.54 Å². The Morgan fingerprint density at radius 2 is 1.89 bits per heavy atom. The lowest BCUT2D eigenvalue weighted by molar-refractivity contribution is -0.147. The summed E-state index contributed by atoms with van der Waals surface area (Å²) < 4.78 is 6.02. The fourth-order valence-electron chi connectivity index (χ4n) is 2.34. The van der Waals surface area contributed by atoms with Crippen LogP contribution in [0.3, 0.4) is 0 Å². The first-order valence-corrected chi connectivity index (χ1v) is 8.55. The van der Waals surface area contributed by atoms with Gasteiger partial charge in [0, 0.05) is 0 Å². The van der Waals surface area contributed by atoms with Gasteiger partial charge in [0.25, 0.3) is 11.5 Å². The molecule has 0 radical (unpaired) electrons. The molecule has 0 aliphatic heterocycles. The third-order valence-corrected chi connectivity index (χ3v) is 4.44. The highest BCUT2D eigenvalue weighted by molar-refractivity contribution is 6.44. The van der Waals surface area contributed by atoms with E-state index >= 15 is 0 Å². The average Bonchev–Trinajstić information content (AvgIpc) is 2.66. The van der Waals surface area contributed by atoms with Crippen molar-refractivity contribution >= 4 is 51.7 Å². The van der Waals surface area contributed by atoms with E-state index in [2.05, 4.69) is 10.3 Å². The van der Waals surface area contributed by atoms with Gasteiger partial charge in [-0.2, -0.15) is 0 Å². The lowest BCUT2D eigenvalue weighted by Gasteiger charge is -2.09. The molecule has 9 heteroatoms. The van der Waals surface area contributed by atoms with E-state index < -0.39 is 18.5 Å². The van der Waals surface area contributed by atoms with Gasteiger partial charge in [-0.3, -0.25) is 19.0 Å². The van der Waals surface area contributed by atoms with Crippen LogP contribution in [0.25, 0.3) is 10.9 Å². The van der Waals surface area contributed by atoms with Crippen molar-refractivity contribution in [2.24, 2.45) is 0 Å². The highest BCUT2D eigenvalue weighted by atomic mass is 35.5. The lowest BCUT2D eigenvalue weighted by atomic mass is 10.2. The van der Waals surface area contributed by atoms with Crippen LogP contribution in [0.5, 0.6) is 0 Å². The predicted molar refractivity (Wildman–Crippen MR) is 102 cm³/mol. The summed E-state index contributed by atoms with van der Waals surface area (Å²) in [5.41, 5.74) is 0.470. The van der Waals surface area contributed by atoms with E-state index in [1.165, 1.54) is 6.33 Å². The first-order chi connectivity index (χ1) is 13.0. The zero-order valence-corrected chi connectivity index (χ0v) is 15.3. The highest BCUT2D eigenvalue weighted by Crippen LogP contribution is 2.29. The van der Waals surface area contributed by atoms with Crippen molar-refractivity contribution in [3.05, 3.63) is 69.2 Å². The number of nitrogens with zero attached hydrogens (tertiary/aromatic N) is 2. The number of para-hydroxylation sites is 1. The molecular weight excluding hydrogens is 393 g/mol. The number of carbonyl (C=O) groups is 2. The zero-order chi connectivity index (χ0) is 19.4. The van der Waals surface area contributed by atoms with Crippen molar-refractivity contribution in [2.75, 3.05) is 11.9 Å². The number of fused-ring (bicyclic) bond motifs is 1. The van der Waals surface area contributed by atoms with Crippen molar-refractivity contribution in [3.63, 3.8) is 0 Å². The smallest absolute Gasteiger partial charge is 0.326 e. The third kappa shape index (κ3) is 4.45. The Morgan fingerprint density at radius 1 is 1.11 bits per heavy atom. The minimum Gasteiger partial charge on any atom is -0.454 e. The molecule has 0 spiro atoms. The SMILES string of the molecule is O=C(COC(=O)Cn1cnc2ccccc2c1=O)Nc1cccc(Cl)c1Cl. The quantitative estimate of drug-likeness (QED) is 0.659. The van der Waals surface area contributed by atoms with Crippen molar-refractivity contribution in [3.8, 4) is 0 Å². The summed E-state index contributed by atoms with van der Waals surface area (Å²) in [6, 6.07) is 11.6. The molecule has 0 atom stereocenters. The van der Waals surface area contributed by atoms with Crippen LogP contribution < -0.4 is 10.9 Å². The second-order valence-corrected chi connectivity index (χ2v) is 6.29. The van der Waals surface area contributed by atoms with Crippen LogP contribution in [0.1, 0.15) is 0 Å². The highest BCUT2D eigenvalue weighted by Gasteiger charge is 2.13. The Balaban J connectivity index is 1.60. The molecule has 1 N–H and O–H groups in total. The topological polar surface area (TPSA) is 90.3 Å². The number of benzene rings is 2. The Hall–Kier alpha value is -2.90. The van der Waals surface area contributed by atoms with Gasteiger partial charge in [0.1, 0.15) is 6.54 Å². The molecule has 27 heavy (non-hydrogen) atoms.